The topological polar surface area (TPSA) is 4.10 Å². The highest BCUT2D eigenvalue weighted by Gasteiger charge is 2.08. The molecule has 0 aliphatic carbocycles. The summed E-state index contributed by atoms with van der Waals surface area (Å²) in [6, 6.07) is 23.3. The molecule has 1 aromatic carbocycles. The summed E-state index contributed by atoms with van der Waals surface area (Å²) < 4.78 is 2.24. The zero-order valence-electron chi connectivity index (χ0n) is 9.58. The van der Waals surface area contributed by atoms with Crippen LogP contribution in [0.4, 0.5) is 0 Å². The van der Waals surface area contributed by atoms with Gasteiger partial charge in [-0.2, -0.15) is 4.40 Å². The highest BCUT2D eigenvalue weighted by atomic mass is 14.9. The highest BCUT2D eigenvalue weighted by Crippen LogP contribution is 2.07. The van der Waals surface area contributed by atoms with Crippen LogP contribution in [0.2, 0.25) is 0 Å². The van der Waals surface area contributed by atoms with Crippen molar-refractivity contribution in [2.75, 3.05) is 0 Å². The number of hydrogen-bond acceptors (Lipinski definition) is 0. The quantitative estimate of drug-likeness (QED) is 0.585. The van der Waals surface area contributed by atoms with Crippen LogP contribution in [0.5, 0.6) is 0 Å². The average Bonchev–Trinajstić information content (AvgIpc) is 2.40. The average molecular weight is 220 g/mol. The lowest BCUT2D eigenvalue weighted by atomic mass is 10.1. The summed E-state index contributed by atoms with van der Waals surface area (Å²) in [6.07, 6.45) is 3.08. The third kappa shape index (κ3) is 2.04. The Balaban J connectivity index is 2.06. The third-order valence-electron chi connectivity index (χ3n) is 2.98. The van der Waals surface area contributed by atoms with Crippen molar-refractivity contribution in [2.45, 2.75) is 6.42 Å². The van der Waals surface area contributed by atoms with Crippen molar-refractivity contribution in [1.82, 2.24) is 0 Å². The van der Waals surface area contributed by atoms with Gasteiger partial charge in [0, 0.05) is 24.3 Å². The Morgan fingerprint density at radius 3 is 2.35 bits per heavy atom. The van der Waals surface area contributed by atoms with Gasteiger partial charge in [0.2, 0.25) is 5.52 Å². The number of pyridine rings is 2. The predicted molar refractivity (Wildman–Crippen MR) is 68.9 cm³/mol. The van der Waals surface area contributed by atoms with Gasteiger partial charge in [-0.3, -0.25) is 0 Å². The van der Waals surface area contributed by atoms with Crippen molar-refractivity contribution in [3.8, 4) is 0 Å². The van der Waals surface area contributed by atoms with Crippen LogP contribution in [0.1, 0.15) is 11.3 Å². The Bertz CT molecular complexity index is 624. The molecule has 0 atom stereocenters. The van der Waals surface area contributed by atoms with Crippen LogP contribution < -0.4 is 4.40 Å². The molecule has 0 spiro atoms. The molecule has 17 heavy (non-hydrogen) atoms. The summed E-state index contributed by atoms with van der Waals surface area (Å²) >= 11 is 0. The van der Waals surface area contributed by atoms with Gasteiger partial charge in [-0.05, 0) is 17.7 Å². The number of benzene rings is 1. The lowest BCUT2D eigenvalue weighted by molar-refractivity contribution is -0.521. The van der Waals surface area contributed by atoms with E-state index >= 15 is 0 Å². The Morgan fingerprint density at radius 1 is 0.706 bits per heavy atom. The number of rotatable bonds is 2. The maximum absolute atomic E-state index is 2.24. The fourth-order valence-electron chi connectivity index (χ4n) is 2.14. The number of aromatic nitrogens is 1. The fourth-order valence-corrected chi connectivity index (χ4v) is 2.14. The van der Waals surface area contributed by atoms with Crippen LogP contribution in [0, 0.1) is 0 Å². The second-order valence-electron chi connectivity index (χ2n) is 4.18. The predicted octanol–water partition coefficient (Wildman–Crippen LogP) is 3.02. The Kier molecular flexibility index (Phi) is 2.59. The molecule has 0 bridgehead atoms. The molecule has 0 aliphatic rings. The Hall–Kier alpha value is -2.15. The monoisotopic (exact) mass is 220 g/mol. The van der Waals surface area contributed by atoms with Gasteiger partial charge in [0.25, 0.3) is 0 Å². The zero-order chi connectivity index (χ0) is 11.5. The molecule has 82 valence electrons. The fraction of sp³-hybridized carbons (Fsp3) is 0.0625. The van der Waals surface area contributed by atoms with Crippen molar-refractivity contribution in [3.05, 3.63) is 84.2 Å². The molecular formula is C16H14N+. The Morgan fingerprint density at radius 2 is 1.47 bits per heavy atom. The van der Waals surface area contributed by atoms with Crippen LogP contribution in [0.15, 0.2) is 72.9 Å². The van der Waals surface area contributed by atoms with E-state index in [9.17, 15) is 0 Å². The van der Waals surface area contributed by atoms with Gasteiger partial charge in [0.15, 0.2) is 11.9 Å². The molecule has 0 amide bonds. The van der Waals surface area contributed by atoms with Crippen LogP contribution in [-0.4, -0.2) is 0 Å². The largest absolute Gasteiger partial charge is 0.210 e. The van der Waals surface area contributed by atoms with E-state index in [0.717, 1.165) is 6.42 Å². The number of nitrogens with zero attached hydrogens (tertiary/aromatic N) is 1. The minimum atomic E-state index is 0.965. The van der Waals surface area contributed by atoms with Crippen molar-refractivity contribution in [3.63, 3.8) is 0 Å². The molecule has 0 aliphatic heterocycles. The van der Waals surface area contributed by atoms with E-state index in [1.54, 1.807) is 0 Å². The first-order valence-electron chi connectivity index (χ1n) is 5.86. The van der Waals surface area contributed by atoms with Crippen molar-refractivity contribution in [2.24, 2.45) is 0 Å². The van der Waals surface area contributed by atoms with Crippen molar-refractivity contribution in [1.29, 1.82) is 0 Å². The molecule has 0 N–H and O–H groups in total. The van der Waals surface area contributed by atoms with E-state index in [4.69, 9.17) is 0 Å². The van der Waals surface area contributed by atoms with Crippen molar-refractivity contribution >= 4 is 5.52 Å². The SMILES string of the molecule is c1ccc(Cc2cccc3cccc[n+]23)cc1. The van der Waals surface area contributed by atoms with Crippen molar-refractivity contribution < 1.29 is 4.40 Å². The van der Waals surface area contributed by atoms with E-state index in [1.165, 1.54) is 16.8 Å². The number of fused-ring (bicyclic) bond motifs is 1. The van der Waals surface area contributed by atoms with E-state index in [0.29, 0.717) is 0 Å². The molecule has 1 heteroatoms. The van der Waals surface area contributed by atoms with Gasteiger partial charge < -0.3 is 0 Å². The normalized spacial score (nSPS) is 10.6. The van der Waals surface area contributed by atoms with Crippen LogP contribution in [-0.2, 0) is 6.42 Å². The first kappa shape index (κ1) is 10.0. The van der Waals surface area contributed by atoms with Crippen LogP contribution in [0.25, 0.3) is 5.52 Å². The summed E-state index contributed by atoms with van der Waals surface area (Å²) in [4.78, 5) is 0. The second kappa shape index (κ2) is 4.38. The summed E-state index contributed by atoms with van der Waals surface area (Å²) in [7, 11) is 0. The molecule has 2 heterocycles. The summed E-state index contributed by atoms with van der Waals surface area (Å²) in [6.45, 7) is 0. The molecule has 3 rings (SSSR count). The third-order valence-corrected chi connectivity index (χ3v) is 2.98. The minimum absolute atomic E-state index is 0.965. The number of hydrogen-bond donors (Lipinski definition) is 0. The summed E-state index contributed by atoms with van der Waals surface area (Å²) in [5, 5.41) is 0. The van der Waals surface area contributed by atoms with Gasteiger partial charge in [-0.1, -0.05) is 30.3 Å². The van der Waals surface area contributed by atoms with Crippen LogP contribution >= 0.6 is 0 Å². The van der Waals surface area contributed by atoms with E-state index in [-0.39, 0.29) is 0 Å². The second-order valence-corrected chi connectivity index (χ2v) is 4.18. The highest BCUT2D eigenvalue weighted by molar-refractivity contribution is 5.38. The first-order valence-corrected chi connectivity index (χ1v) is 5.86. The zero-order valence-corrected chi connectivity index (χ0v) is 9.58. The summed E-state index contributed by atoms with van der Waals surface area (Å²) in [5.74, 6) is 0. The molecule has 0 fully saturated rings. The molecule has 0 radical (unpaired) electrons. The molecule has 2 aromatic heterocycles. The van der Waals surface area contributed by atoms with E-state index in [1.807, 2.05) is 0 Å². The maximum atomic E-state index is 2.24. The van der Waals surface area contributed by atoms with Gasteiger partial charge in [-0.25, -0.2) is 0 Å². The standard InChI is InChI=1S/C16H14N/c1-2-7-14(8-3-1)13-16-11-6-10-15-9-4-5-12-17(15)16/h1-12H,13H2/q+1. The minimum Gasteiger partial charge on any atom is -0.164 e. The van der Waals surface area contributed by atoms with Gasteiger partial charge >= 0.3 is 0 Å². The van der Waals surface area contributed by atoms with E-state index in [2.05, 4.69) is 77.3 Å². The van der Waals surface area contributed by atoms with Gasteiger partial charge in [-0.15, -0.1) is 0 Å². The molecule has 3 aromatic rings. The smallest absolute Gasteiger partial charge is 0.164 e. The molecule has 0 unspecified atom stereocenters. The molecule has 0 saturated heterocycles. The lowest BCUT2D eigenvalue weighted by Gasteiger charge is -2.00. The summed E-state index contributed by atoms with van der Waals surface area (Å²) in [5.41, 5.74) is 3.89. The van der Waals surface area contributed by atoms with Gasteiger partial charge in [0.05, 0.1) is 6.42 Å². The Labute approximate surface area is 101 Å². The first-order chi connectivity index (χ1) is 8.43. The van der Waals surface area contributed by atoms with Crippen LogP contribution in [0.3, 0.4) is 0 Å². The molecular weight excluding hydrogens is 206 g/mol. The molecule has 0 saturated carbocycles. The van der Waals surface area contributed by atoms with E-state index < -0.39 is 0 Å². The maximum Gasteiger partial charge on any atom is 0.210 e. The van der Waals surface area contributed by atoms with Gasteiger partial charge in [0.1, 0.15) is 0 Å². The lowest BCUT2D eigenvalue weighted by Crippen LogP contribution is -2.26. The molecule has 1 nitrogen and oxygen atoms in total.